The Balaban J connectivity index is 4.13. The summed E-state index contributed by atoms with van der Waals surface area (Å²) in [5.41, 5.74) is 4.43. The minimum absolute atomic E-state index is 0.0166. The number of hydrogen-bond donors (Lipinski definition) is 2. The van der Waals surface area contributed by atoms with Crippen LogP contribution in [0.1, 0.15) is 27.2 Å². The van der Waals surface area contributed by atoms with E-state index >= 15 is 0 Å². The van der Waals surface area contributed by atoms with Crippen LogP contribution >= 0.6 is 0 Å². The molecule has 5 heteroatoms. The summed E-state index contributed by atoms with van der Waals surface area (Å²) in [6, 6.07) is -0.489. The summed E-state index contributed by atoms with van der Waals surface area (Å²) in [6.45, 7) is 8.75. The molecular formula is C10H18N2O3. The normalized spacial score (nSPS) is 12.7. The molecule has 0 aliphatic heterocycles. The summed E-state index contributed by atoms with van der Waals surface area (Å²) >= 11 is 0. The molecule has 0 heterocycles. The molecule has 0 bridgehead atoms. The Labute approximate surface area is 89.7 Å². The smallest absolute Gasteiger partial charge is 0.408 e. The van der Waals surface area contributed by atoms with E-state index in [9.17, 15) is 9.59 Å². The molecule has 1 atom stereocenters. The molecule has 0 aliphatic rings. The number of primary amides is 1. The Morgan fingerprint density at radius 3 is 2.40 bits per heavy atom. The fourth-order valence-corrected chi connectivity index (χ4v) is 0.869. The predicted molar refractivity (Wildman–Crippen MR) is 57.2 cm³/mol. The molecule has 0 aromatic heterocycles. The second kappa shape index (κ2) is 5.38. The van der Waals surface area contributed by atoms with Crippen LogP contribution in [0, 0.1) is 0 Å². The Hall–Kier alpha value is -1.52. The lowest BCUT2D eigenvalue weighted by molar-refractivity contribution is -0.118. The highest BCUT2D eigenvalue weighted by atomic mass is 16.6. The van der Waals surface area contributed by atoms with Crippen LogP contribution < -0.4 is 11.1 Å². The van der Waals surface area contributed by atoms with Gasteiger partial charge in [-0.05, 0) is 20.8 Å². The highest BCUT2D eigenvalue weighted by molar-refractivity contribution is 5.76. The van der Waals surface area contributed by atoms with E-state index in [4.69, 9.17) is 10.5 Å². The lowest BCUT2D eigenvalue weighted by atomic mass is 10.2. The van der Waals surface area contributed by atoms with Crippen molar-refractivity contribution in [3.63, 3.8) is 0 Å². The van der Waals surface area contributed by atoms with Crippen LogP contribution in [0.5, 0.6) is 0 Å². The van der Waals surface area contributed by atoms with Gasteiger partial charge in [0.05, 0.1) is 12.5 Å². The molecule has 2 amide bonds. The van der Waals surface area contributed by atoms with Crippen molar-refractivity contribution in [1.82, 2.24) is 5.32 Å². The molecule has 0 aromatic carbocycles. The van der Waals surface area contributed by atoms with Gasteiger partial charge in [0, 0.05) is 0 Å². The van der Waals surface area contributed by atoms with E-state index in [1.807, 2.05) is 0 Å². The van der Waals surface area contributed by atoms with Gasteiger partial charge in [0.1, 0.15) is 5.60 Å². The lowest BCUT2D eigenvalue weighted by Crippen LogP contribution is -2.40. The summed E-state index contributed by atoms with van der Waals surface area (Å²) in [6.07, 6.45) is 0.867. The van der Waals surface area contributed by atoms with E-state index in [-0.39, 0.29) is 6.42 Å². The molecule has 5 nitrogen and oxygen atoms in total. The van der Waals surface area contributed by atoms with Crippen molar-refractivity contribution in [2.45, 2.75) is 38.8 Å². The summed E-state index contributed by atoms with van der Waals surface area (Å²) in [4.78, 5) is 21.9. The molecule has 0 rings (SSSR count). The largest absolute Gasteiger partial charge is 0.444 e. The van der Waals surface area contributed by atoms with Crippen molar-refractivity contribution < 1.29 is 14.3 Å². The summed E-state index contributed by atoms with van der Waals surface area (Å²) in [5.74, 6) is -0.504. The third-order valence-corrected chi connectivity index (χ3v) is 1.41. The van der Waals surface area contributed by atoms with Crippen molar-refractivity contribution in [1.29, 1.82) is 0 Å². The quantitative estimate of drug-likeness (QED) is 0.683. The number of amides is 2. The molecule has 0 saturated carbocycles. The molecule has 0 radical (unpaired) electrons. The molecule has 3 N–H and O–H groups in total. The van der Waals surface area contributed by atoms with E-state index in [1.165, 1.54) is 6.08 Å². The maximum absolute atomic E-state index is 11.3. The van der Waals surface area contributed by atoms with E-state index in [2.05, 4.69) is 11.9 Å². The van der Waals surface area contributed by atoms with Gasteiger partial charge in [0.2, 0.25) is 5.91 Å². The Bertz CT molecular complexity index is 256. The molecule has 15 heavy (non-hydrogen) atoms. The van der Waals surface area contributed by atoms with Crippen LogP contribution in [-0.4, -0.2) is 23.6 Å². The summed E-state index contributed by atoms with van der Waals surface area (Å²) in [7, 11) is 0. The third kappa shape index (κ3) is 7.54. The van der Waals surface area contributed by atoms with Gasteiger partial charge in [-0.25, -0.2) is 4.79 Å². The van der Waals surface area contributed by atoms with Gasteiger partial charge in [-0.2, -0.15) is 0 Å². The van der Waals surface area contributed by atoms with E-state index < -0.39 is 23.6 Å². The number of rotatable bonds is 4. The number of hydrogen-bond acceptors (Lipinski definition) is 3. The highest BCUT2D eigenvalue weighted by Crippen LogP contribution is 2.07. The molecular weight excluding hydrogens is 196 g/mol. The number of carbonyl (C=O) groups is 2. The second-order valence-corrected chi connectivity index (χ2v) is 4.16. The standard InChI is InChI=1S/C10H18N2O3/c1-5-7(6-8(11)13)12-9(14)15-10(2,3)4/h5,7H,1,6H2,2-4H3,(H2,11,13)(H,12,14)/t7-/m1/s1. The van der Waals surface area contributed by atoms with Gasteiger partial charge >= 0.3 is 6.09 Å². The first-order chi connectivity index (χ1) is 6.74. The van der Waals surface area contributed by atoms with Gasteiger partial charge in [-0.3, -0.25) is 4.79 Å². The average Bonchev–Trinajstić information content (AvgIpc) is 1.98. The zero-order valence-corrected chi connectivity index (χ0v) is 9.37. The van der Waals surface area contributed by atoms with Crippen molar-refractivity contribution in [2.75, 3.05) is 0 Å². The maximum atomic E-state index is 11.3. The monoisotopic (exact) mass is 214 g/mol. The first-order valence-corrected chi connectivity index (χ1v) is 4.65. The number of nitrogens with two attached hydrogens (primary N) is 1. The molecule has 0 unspecified atom stereocenters. The van der Waals surface area contributed by atoms with Gasteiger partial charge in [0.15, 0.2) is 0 Å². The Morgan fingerprint density at radius 2 is 2.07 bits per heavy atom. The average molecular weight is 214 g/mol. The fraction of sp³-hybridized carbons (Fsp3) is 0.600. The third-order valence-electron chi connectivity index (χ3n) is 1.41. The summed E-state index contributed by atoms with van der Waals surface area (Å²) in [5, 5.41) is 2.47. The van der Waals surface area contributed by atoms with Crippen LogP contribution in [0.2, 0.25) is 0 Å². The van der Waals surface area contributed by atoms with Crippen LogP contribution in [0.25, 0.3) is 0 Å². The number of nitrogens with one attached hydrogen (secondary N) is 1. The van der Waals surface area contributed by atoms with Gasteiger partial charge < -0.3 is 15.8 Å². The molecule has 0 saturated heterocycles. The minimum atomic E-state index is -0.589. The molecule has 0 aromatic rings. The first-order valence-electron chi connectivity index (χ1n) is 4.65. The highest BCUT2D eigenvalue weighted by Gasteiger charge is 2.18. The van der Waals surface area contributed by atoms with E-state index in [0.717, 1.165) is 0 Å². The zero-order valence-electron chi connectivity index (χ0n) is 9.37. The topological polar surface area (TPSA) is 81.4 Å². The number of carbonyl (C=O) groups excluding carboxylic acids is 2. The molecule has 0 spiro atoms. The fourth-order valence-electron chi connectivity index (χ4n) is 0.869. The van der Waals surface area contributed by atoms with Crippen LogP contribution in [-0.2, 0) is 9.53 Å². The maximum Gasteiger partial charge on any atom is 0.408 e. The SMILES string of the molecule is C=C[C@H](CC(N)=O)NC(=O)OC(C)(C)C. The second-order valence-electron chi connectivity index (χ2n) is 4.16. The summed E-state index contributed by atoms with van der Waals surface area (Å²) < 4.78 is 5.00. The van der Waals surface area contributed by atoms with Gasteiger partial charge in [0.25, 0.3) is 0 Å². The first kappa shape index (κ1) is 13.5. The Kier molecular flexibility index (Phi) is 4.84. The van der Waals surface area contributed by atoms with Gasteiger partial charge in [-0.15, -0.1) is 6.58 Å². The Morgan fingerprint density at radius 1 is 1.53 bits per heavy atom. The van der Waals surface area contributed by atoms with Crippen molar-refractivity contribution in [3.8, 4) is 0 Å². The number of ether oxygens (including phenoxy) is 1. The van der Waals surface area contributed by atoms with Crippen LogP contribution in [0.4, 0.5) is 4.79 Å². The van der Waals surface area contributed by atoms with Crippen molar-refractivity contribution in [3.05, 3.63) is 12.7 Å². The zero-order chi connectivity index (χ0) is 12.1. The van der Waals surface area contributed by atoms with Crippen LogP contribution in [0.3, 0.4) is 0 Å². The van der Waals surface area contributed by atoms with Crippen molar-refractivity contribution >= 4 is 12.0 Å². The lowest BCUT2D eigenvalue weighted by Gasteiger charge is -2.21. The van der Waals surface area contributed by atoms with Crippen molar-refractivity contribution in [2.24, 2.45) is 5.73 Å². The predicted octanol–water partition coefficient (Wildman–Crippen LogP) is 0.941. The molecule has 86 valence electrons. The van der Waals surface area contributed by atoms with Crippen LogP contribution in [0.15, 0.2) is 12.7 Å². The van der Waals surface area contributed by atoms with E-state index in [1.54, 1.807) is 20.8 Å². The van der Waals surface area contributed by atoms with E-state index in [0.29, 0.717) is 0 Å². The van der Waals surface area contributed by atoms with Gasteiger partial charge in [-0.1, -0.05) is 6.08 Å². The molecule has 0 fully saturated rings. The molecule has 0 aliphatic carbocycles. The minimum Gasteiger partial charge on any atom is -0.444 e. The number of alkyl carbamates (subject to hydrolysis) is 1.